The summed E-state index contributed by atoms with van der Waals surface area (Å²) in [6.45, 7) is 2.11. The van der Waals surface area contributed by atoms with Crippen molar-refractivity contribution in [2.24, 2.45) is 0 Å². The van der Waals surface area contributed by atoms with Gasteiger partial charge in [-0.3, -0.25) is 0 Å². The smallest absolute Gasteiger partial charge is 0.117 e. The maximum atomic E-state index is 13.3. The molecule has 0 amide bonds. The Morgan fingerprint density at radius 3 is 2.19 bits per heavy atom. The quantitative estimate of drug-likeness (QED) is 0.668. The van der Waals surface area contributed by atoms with Crippen molar-refractivity contribution in [2.75, 3.05) is 0 Å². The Morgan fingerprint density at radius 2 is 1.62 bits per heavy atom. The minimum atomic E-state index is -0.364. The van der Waals surface area contributed by atoms with Gasteiger partial charge in [0.15, 0.2) is 0 Å². The van der Waals surface area contributed by atoms with E-state index in [1.807, 2.05) is 18.2 Å². The maximum absolute atomic E-state index is 13.3. The first-order valence-corrected chi connectivity index (χ1v) is 5.35. The zero-order chi connectivity index (χ0) is 11.5. The molecule has 0 N–H and O–H groups in total. The van der Waals surface area contributed by atoms with Crippen molar-refractivity contribution < 1.29 is 4.39 Å². The molecule has 0 unspecified atom stereocenters. The van der Waals surface area contributed by atoms with Crippen molar-refractivity contribution in [1.29, 1.82) is 0 Å². The third-order valence-corrected chi connectivity index (χ3v) is 2.70. The van der Waals surface area contributed by atoms with E-state index in [4.69, 9.17) is 7.85 Å². The Hall–Kier alpha value is -1.57. The molecule has 0 saturated heterocycles. The van der Waals surface area contributed by atoms with Crippen molar-refractivity contribution in [1.82, 2.24) is 0 Å². The second-order valence-corrected chi connectivity index (χ2v) is 3.79. The number of hydrogen-bond donors (Lipinski definition) is 0. The Labute approximate surface area is 96.5 Å². The zero-order valence-electron chi connectivity index (χ0n) is 9.20. The summed E-state index contributed by atoms with van der Waals surface area (Å²) in [4.78, 5) is 0. The molecule has 0 aliphatic heterocycles. The number of benzene rings is 2. The van der Waals surface area contributed by atoms with E-state index in [0.29, 0.717) is 0 Å². The van der Waals surface area contributed by atoms with Gasteiger partial charge >= 0.3 is 0 Å². The van der Waals surface area contributed by atoms with Crippen molar-refractivity contribution in [3.05, 3.63) is 53.8 Å². The van der Waals surface area contributed by atoms with Crippen LogP contribution in [0.5, 0.6) is 0 Å². The molecule has 2 aromatic carbocycles. The zero-order valence-corrected chi connectivity index (χ0v) is 9.20. The average molecular weight is 210 g/mol. The second-order valence-electron chi connectivity index (χ2n) is 3.79. The highest BCUT2D eigenvalue weighted by atomic mass is 19.1. The fourth-order valence-electron chi connectivity index (χ4n) is 1.64. The van der Waals surface area contributed by atoms with Crippen LogP contribution in [-0.2, 0) is 6.42 Å². The van der Waals surface area contributed by atoms with Gasteiger partial charge < -0.3 is 0 Å². The first-order valence-electron chi connectivity index (χ1n) is 5.35. The van der Waals surface area contributed by atoms with E-state index in [-0.39, 0.29) is 11.3 Å². The normalized spacial score (nSPS) is 10.4. The van der Waals surface area contributed by atoms with E-state index >= 15 is 0 Å². The van der Waals surface area contributed by atoms with Gasteiger partial charge in [0.1, 0.15) is 13.7 Å². The van der Waals surface area contributed by atoms with Crippen LogP contribution in [0.15, 0.2) is 42.5 Å². The standard InChI is InChI=1S/C14H12BF/c1-2-10-3-5-11(6-4-10)12-7-8-13(15)14(16)9-12/h3-9H,2H2,1H3. The summed E-state index contributed by atoms with van der Waals surface area (Å²) in [5.41, 5.74) is 3.33. The summed E-state index contributed by atoms with van der Waals surface area (Å²) in [6, 6.07) is 13.0. The third kappa shape index (κ3) is 2.16. The monoisotopic (exact) mass is 210 g/mol. The van der Waals surface area contributed by atoms with Crippen molar-refractivity contribution in [3.8, 4) is 11.1 Å². The van der Waals surface area contributed by atoms with Crippen LogP contribution >= 0.6 is 0 Å². The van der Waals surface area contributed by atoms with Gasteiger partial charge in [-0.05, 0) is 29.2 Å². The van der Waals surface area contributed by atoms with Crippen LogP contribution in [0, 0.1) is 5.82 Å². The lowest BCUT2D eigenvalue weighted by Crippen LogP contribution is -2.07. The molecule has 2 aromatic rings. The molecule has 0 aromatic heterocycles. The van der Waals surface area contributed by atoms with E-state index in [9.17, 15) is 4.39 Å². The van der Waals surface area contributed by atoms with Crippen molar-refractivity contribution in [3.63, 3.8) is 0 Å². The Kier molecular flexibility index (Phi) is 3.09. The molecule has 16 heavy (non-hydrogen) atoms. The highest BCUT2D eigenvalue weighted by Crippen LogP contribution is 2.19. The van der Waals surface area contributed by atoms with Crippen LogP contribution in [0.2, 0.25) is 0 Å². The predicted molar refractivity (Wildman–Crippen MR) is 66.6 cm³/mol. The van der Waals surface area contributed by atoms with E-state index in [1.165, 1.54) is 11.6 Å². The summed E-state index contributed by atoms with van der Waals surface area (Å²) in [5, 5.41) is 0. The molecule has 0 nitrogen and oxygen atoms in total. The predicted octanol–water partition coefficient (Wildman–Crippen LogP) is 2.85. The molecule has 0 saturated carbocycles. The minimum Gasteiger partial charge on any atom is -0.208 e. The number of halogens is 1. The molecule has 2 heteroatoms. The van der Waals surface area contributed by atoms with E-state index in [0.717, 1.165) is 17.5 Å². The molecule has 2 radical (unpaired) electrons. The van der Waals surface area contributed by atoms with Gasteiger partial charge in [-0.1, -0.05) is 48.8 Å². The third-order valence-electron chi connectivity index (χ3n) is 2.70. The first kappa shape index (κ1) is 10.9. The van der Waals surface area contributed by atoms with Gasteiger partial charge in [0.2, 0.25) is 0 Å². The highest BCUT2D eigenvalue weighted by Gasteiger charge is 2.01. The molecule has 78 valence electrons. The molecular weight excluding hydrogens is 198 g/mol. The van der Waals surface area contributed by atoms with Crippen LogP contribution < -0.4 is 5.46 Å². The van der Waals surface area contributed by atoms with Gasteiger partial charge in [-0.2, -0.15) is 0 Å². The van der Waals surface area contributed by atoms with Crippen LogP contribution in [0.1, 0.15) is 12.5 Å². The van der Waals surface area contributed by atoms with Gasteiger partial charge in [-0.25, -0.2) is 4.39 Å². The largest absolute Gasteiger partial charge is 0.208 e. The van der Waals surface area contributed by atoms with Crippen LogP contribution in [-0.4, -0.2) is 7.85 Å². The van der Waals surface area contributed by atoms with Crippen LogP contribution in [0.4, 0.5) is 4.39 Å². The number of aryl methyl sites for hydroxylation is 1. The number of rotatable bonds is 2. The highest BCUT2D eigenvalue weighted by molar-refractivity contribution is 6.32. The molecule has 0 heterocycles. The number of hydrogen-bond acceptors (Lipinski definition) is 0. The van der Waals surface area contributed by atoms with Gasteiger partial charge in [0.25, 0.3) is 0 Å². The second kappa shape index (κ2) is 4.52. The lowest BCUT2D eigenvalue weighted by molar-refractivity contribution is 0.636. The van der Waals surface area contributed by atoms with Gasteiger partial charge in [-0.15, -0.1) is 0 Å². The summed E-state index contributed by atoms with van der Waals surface area (Å²) in [6.07, 6.45) is 1.01. The molecule has 2 rings (SSSR count). The minimum absolute atomic E-state index is 0.189. The van der Waals surface area contributed by atoms with Crippen LogP contribution in [0.3, 0.4) is 0 Å². The Bertz CT molecular complexity index is 489. The fraction of sp³-hybridized carbons (Fsp3) is 0.143. The average Bonchev–Trinajstić information content (AvgIpc) is 2.33. The maximum Gasteiger partial charge on any atom is 0.117 e. The summed E-state index contributed by atoms with van der Waals surface area (Å²) in [5.74, 6) is -0.364. The fourth-order valence-corrected chi connectivity index (χ4v) is 1.64. The topological polar surface area (TPSA) is 0 Å². The van der Waals surface area contributed by atoms with E-state index in [2.05, 4.69) is 19.1 Å². The summed E-state index contributed by atoms with van der Waals surface area (Å²) in [7, 11) is 5.44. The van der Waals surface area contributed by atoms with E-state index < -0.39 is 0 Å². The molecule has 0 spiro atoms. The summed E-state index contributed by atoms with van der Waals surface area (Å²) < 4.78 is 13.3. The molecule has 0 bridgehead atoms. The Morgan fingerprint density at radius 1 is 1.00 bits per heavy atom. The first-order chi connectivity index (χ1) is 7.70. The van der Waals surface area contributed by atoms with Crippen molar-refractivity contribution in [2.45, 2.75) is 13.3 Å². The van der Waals surface area contributed by atoms with Crippen LogP contribution in [0.25, 0.3) is 11.1 Å². The molecule has 0 aliphatic rings. The lowest BCUT2D eigenvalue weighted by Gasteiger charge is -2.05. The molecular formula is C14H12BF. The molecule has 0 fully saturated rings. The van der Waals surface area contributed by atoms with E-state index in [1.54, 1.807) is 6.07 Å². The van der Waals surface area contributed by atoms with Gasteiger partial charge in [0.05, 0.1) is 0 Å². The lowest BCUT2D eigenvalue weighted by atomic mass is 9.92. The molecule has 0 aliphatic carbocycles. The van der Waals surface area contributed by atoms with Gasteiger partial charge in [0, 0.05) is 0 Å². The molecule has 0 atom stereocenters. The SMILES string of the molecule is [B]c1ccc(-c2ccc(CC)cc2)cc1F. The summed E-state index contributed by atoms with van der Waals surface area (Å²) >= 11 is 0. The Balaban J connectivity index is 2.38. The van der Waals surface area contributed by atoms with Crippen molar-refractivity contribution >= 4 is 13.3 Å².